The highest BCUT2D eigenvalue weighted by atomic mass is 35.5. The molecule has 0 aliphatic heterocycles. The number of hydrogen-bond donors (Lipinski definition) is 2. The summed E-state index contributed by atoms with van der Waals surface area (Å²) in [4.78, 5) is 18.0. The van der Waals surface area contributed by atoms with Gasteiger partial charge >= 0.3 is 0 Å². The Labute approximate surface area is 186 Å². The Morgan fingerprint density at radius 1 is 1.40 bits per heavy atom. The van der Waals surface area contributed by atoms with E-state index in [0.717, 1.165) is 24.8 Å². The molecule has 0 aliphatic carbocycles. The Hall–Kier alpha value is -2.82. The molecule has 1 unspecified atom stereocenters. The molecule has 8 heteroatoms. The van der Waals surface area contributed by atoms with Crippen molar-refractivity contribution in [1.82, 2.24) is 0 Å². The summed E-state index contributed by atoms with van der Waals surface area (Å²) in [5.74, 6) is -0.305. The molecule has 0 bridgehead atoms. The molecule has 0 saturated heterocycles. The summed E-state index contributed by atoms with van der Waals surface area (Å²) in [5, 5.41) is 18.0. The molecule has 0 saturated carbocycles. The minimum atomic E-state index is -0.305. The first-order valence-electron chi connectivity index (χ1n) is 9.59. The maximum absolute atomic E-state index is 12.8. The number of allylic oxidation sites excluding steroid dienone is 2. The minimum Gasteiger partial charge on any atom is -0.399 e. The molecular weight excluding hydrogens is 420 g/mol. The monoisotopic (exact) mass is 444 g/mol. The van der Waals surface area contributed by atoms with Crippen LogP contribution in [0.4, 0.5) is 10.7 Å². The SMILES string of the molecule is CCCCC(C)Nc1sc(C(=O)/C=C/C(=N\OC)c2ccc(Cl)cc2)c(N)c1C#N. The summed E-state index contributed by atoms with van der Waals surface area (Å²) >= 11 is 7.12. The van der Waals surface area contributed by atoms with Crippen LogP contribution in [0.15, 0.2) is 41.6 Å². The van der Waals surface area contributed by atoms with Gasteiger partial charge in [0.15, 0.2) is 5.78 Å². The van der Waals surface area contributed by atoms with E-state index in [2.05, 4.69) is 23.5 Å². The van der Waals surface area contributed by atoms with Crippen molar-refractivity contribution in [3.8, 4) is 6.07 Å². The summed E-state index contributed by atoms with van der Waals surface area (Å²) in [6.07, 6.45) is 6.08. The highest BCUT2D eigenvalue weighted by Crippen LogP contribution is 2.36. The third kappa shape index (κ3) is 6.09. The molecule has 1 aromatic carbocycles. The number of nitrogen functional groups attached to an aromatic ring is 1. The molecule has 0 fully saturated rings. The van der Waals surface area contributed by atoms with E-state index in [-0.39, 0.29) is 17.5 Å². The zero-order valence-electron chi connectivity index (χ0n) is 17.2. The van der Waals surface area contributed by atoms with Gasteiger partial charge in [0.2, 0.25) is 0 Å². The molecule has 6 nitrogen and oxygen atoms in total. The van der Waals surface area contributed by atoms with Gasteiger partial charge in [-0.25, -0.2) is 0 Å². The maximum atomic E-state index is 12.8. The van der Waals surface area contributed by atoms with E-state index in [9.17, 15) is 10.1 Å². The van der Waals surface area contributed by atoms with Crippen LogP contribution < -0.4 is 11.1 Å². The molecule has 0 aliphatic rings. The average molecular weight is 445 g/mol. The first kappa shape index (κ1) is 23.5. The highest BCUT2D eigenvalue weighted by molar-refractivity contribution is 7.19. The lowest BCUT2D eigenvalue weighted by Gasteiger charge is -2.13. The zero-order valence-corrected chi connectivity index (χ0v) is 18.8. The van der Waals surface area contributed by atoms with Gasteiger partial charge in [0, 0.05) is 16.6 Å². The molecule has 1 aromatic heterocycles. The van der Waals surface area contributed by atoms with E-state index < -0.39 is 0 Å². The summed E-state index contributed by atoms with van der Waals surface area (Å²) in [7, 11) is 1.43. The molecule has 3 N–H and O–H groups in total. The van der Waals surface area contributed by atoms with Gasteiger partial charge in [0.05, 0.1) is 5.69 Å². The molecular formula is C22H25ClN4O2S. The molecule has 30 heavy (non-hydrogen) atoms. The van der Waals surface area contributed by atoms with E-state index in [1.165, 1.54) is 24.5 Å². The Morgan fingerprint density at radius 3 is 2.70 bits per heavy atom. The molecule has 1 heterocycles. The van der Waals surface area contributed by atoms with Crippen LogP contribution in [0.25, 0.3) is 0 Å². The zero-order chi connectivity index (χ0) is 22.1. The number of unbranched alkanes of at least 4 members (excludes halogenated alkanes) is 1. The number of carbonyl (C=O) groups is 1. The third-order valence-corrected chi connectivity index (χ3v) is 5.77. The largest absolute Gasteiger partial charge is 0.399 e. The summed E-state index contributed by atoms with van der Waals surface area (Å²) in [6.45, 7) is 4.18. The smallest absolute Gasteiger partial charge is 0.198 e. The normalized spacial score (nSPS) is 12.6. The molecule has 2 aromatic rings. The van der Waals surface area contributed by atoms with Crippen LogP contribution in [0, 0.1) is 11.3 Å². The van der Waals surface area contributed by atoms with Crippen molar-refractivity contribution in [3.63, 3.8) is 0 Å². The Kier molecular flexibility index (Phi) is 8.90. The average Bonchev–Trinajstić information content (AvgIpc) is 3.05. The number of nitriles is 1. The lowest BCUT2D eigenvalue weighted by molar-refractivity contribution is 0.105. The van der Waals surface area contributed by atoms with Crippen molar-refractivity contribution < 1.29 is 9.63 Å². The van der Waals surface area contributed by atoms with E-state index in [1.54, 1.807) is 30.3 Å². The fraction of sp³-hybridized carbons (Fsp3) is 0.318. The number of rotatable bonds is 10. The second kappa shape index (κ2) is 11.4. The van der Waals surface area contributed by atoms with E-state index in [0.29, 0.717) is 26.2 Å². The fourth-order valence-electron chi connectivity index (χ4n) is 2.77. The molecule has 0 amide bonds. The lowest BCUT2D eigenvalue weighted by Crippen LogP contribution is -2.14. The van der Waals surface area contributed by atoms with Crippen molar-refractivity contribution in [2.45, 2.75) is 39.2 Å². The number of oxime groups is 1. The minimum absolute atomic E-state index is 0.180. The van der Waals surface area contributed by atoms with Crippen molar-refractivity contribution in [2.24, 2.45) is 5.16 Å². The van der Waals surface area contributed by atoms with Crippen LogP contribution in [-0.2, 0) is 4.84 Å². The Balaban J connectivity index is 2.26. The Morgan fingerprint density at radius 2 is 2.10 bits per heavy atom. The van der Waals surface area contributed by atoms with Crippen LogP contribution in [0.5, 0.6) is 0 Å². The second-order valence-electron chi connectivity index (χ2n) is 6.71. The standard InChI is InChI=1S/C22H25ClN4O2S/c1-4-5-6-14(2)26-22-17(13-24)20(25)21(30-22)19(28)12-11-18(27-29-3)15-7-9-16(23)10-8-15/h7-12,14,26H,4-6,25H2,1-3H3/b12-11+,27-18+. The highest BCUT2D eigenvalue weighted by Gasteiger charge is 2.21. The van der Waals surface area contributed by atoms with Crippen molar-refractivity contribution in [2.75, 3.05) is 18.2 Å². The van der Waals surface area contributed by atoms with Gasteiger partial charge in [-0.1, -0.05) is 48.7 Å². The number of anilines is 2. The van der Waals surface area contributed by atoms with Gasteiger partial charge in [-0.15, -0.1) is 11.3 Å². The number of nitrogens with zero attached hydrogens (tertiary/aromatic N) is 2. The number of ketones is 1. The number of nitrogens with two attached hydrogens (primary N) is 1. The van der Waals surface area contributed by atoms with Crippen LogP contribution in [0.1, 0.15) is 53.9 Å². The molecule has 1 atom stereocenters. The van der Waals surface area contributed by atoms with Gasteiger partial charge in [0.1, 0.15) is 34.3 Å². The van der Waals surface area contributed by atoms with Crippen LogP contribution in [0.2, 0.25) is 5.02 Å². The second-order valence-corrected chi connectivity index (χ2v) is 8.17. The molecule has 0 spiro atoms. The number of carbonyl (C=O) groups excluding carboxylic acids is 1. The topological polar surface area (TPSA) is 100 Å². The van der Waals surface area contributed by atoms with Crippen molar-refractivity contribution in [1.29, 1.82) is 5.26 Å². The van der Waals surface area contributed by atoms with E-state index in [1.807, 2.05) is 6.92 Å². The summed E-state index contributed by atoms with van der Waals surface area (Å²) < 4.78 is 0. The number of halogens is 1. The third-order valence-electron chi connectivity index (χ3n) is 4.37. The van der Waals surface area contributed by atoms with Gasteiger partial charge in [-0.05, 0) is 37.6 Å². The molecule has 2 rings (SSSR count). The summed E-state index contributed by atoms with van der Waals surface area (Å²) in [6, 6.07) is 9.30. The first-order chi connectivity index (χ1) is 14.4. The lowest BCUT2D eigenvalue weighted by atomic mass is 10.1. The van der Waals surface area contributed by atoms with Crippen molar-refractivity contribution in [3.05, 3.63) is 57.4 Å². The van der Waals surface area contributed by atoms with Gasteiger partial charge in [0.25, 0.3) is 0 Å². The predicted molar refractivity (Wildman–Crippen MR) is 125 cm³/mol. The maximum Gasteiger partial charge on any atom is 0.198 e. The van der Waals surface area contributed by atoms with E-state index >= 15 is 0 Å². The van der Waals surface area contributed by atoms with Crippen molar-refractivity contribution >= 4 is 45.1 Å². The van der Waals surface area contributed by atoms with Crippen LogP contribution >= 0.6 is 22.9 Å². The number of hydrogen-bond acceptors (Lipinski definition) is 7. The quantitative estimate of drug-likeness (QED) is 0.214. The predicted octanol–water partition coefficient (Wildman–Crippen LogP) is 5.64. The Bertz CT molecular complexity index is 974. The van der Waals surface area contributed by atoms with Gasteiger partial charge < -0.3 is 15.9 Å². The van der Waals surface area contributed by atoms with Gasteiger partial charge in [-0.3, -0.25) is 4.79 Å². The number of thiophene rings is 1. The first-order valence-corrected chi connectivity index (χ1v) is 10.8. The van der Waals surface area contributed by atoms with Gasteiger partial charge in [-0.2, -0.15) is 5.26 Å². The van der Waals surface area contributed by atoms with E-state index in [4.69, 9.17) is 22.2 Å². The molecule has 0 radical (unpaired) electrons. The number of nitrogens with one attached hydrogen (secondary N) is 1. The summed E-state index contributed by atoms with van der Waals surface area (Å²) in [5.41, 5.74) is 7.82. The number of benzene rings is 1. The van der Waals surface area contributed by atoms with Crippen LogP contribution in [-0.4, -0.2) is 24.6 Å². The van der Waals surface area contributed by atoms with Crippen LogP contribution in [0.3, 0.4) is 0 Å². The molecule has 158 valence electrons. The fourth-order valence-corrected chi connectivity index (χ4v) is 4.00.